The molecule has 0 saturated heterocycles. The van der Waals surface area contributed by atoms with Crippen molar-refractivity contribution in [3.63, 3.8) is 0 Å². The number of benzene rings is 1. The molecule has 2 rings (SSSR count). The molecular weight excluding hydrogens is 467 g/mol. The first-order valence-electron chi connectivity index (χ1n) is 9.72. The second kappa shape index (κ2) is 13.4. The third-order valence-electron chi connectivity index (χ3n) is 4.30. The molecule has 8 heteroatoms. The van der Waals surface area contributed by atoms with Gasteiger partial charge < -0.3 is 19.9 Å². The molecule has 0 aliphatic carbocycles. The predicted molar refractivity (Wildman–Crippen MR) is 125 cm³/mol. The molecule has 0 fully saturated rings. The summed E-state index contributed by atoms with van der Waals surface area (Å²) in [4.78, 5) is 4.66. The van der Waals surface area contributed by atoms with Gasteiger partial charge in [-0.3, -0.25) is 0 Å². The van der Waals surface area contributed by atoms with Crippen molar-refractivity contribution in [2.75, 3.05) is 19.7 Å². The molecule has 0 atom stereocenters. The van der Waals surface area contributed by atoms with Crippen LogP contribution in [0.3, 0.4) is 0 Å². The lowest BCUT2D eigenvalue weighted by molar-refractivity contribution is 0.340. The van der Waals surface area contributed by atoms with Crippen LogP contribution in [0.25, 0.3) is 0 Å². The van der Waals surface area contributed by atoms with E-state index in [-0.39, 0.29) is 24.0 Å². The Morgan fingerprint density at radius 1 is 1.18 bits per heavy atom. The fourth-order valence-corrected chi connectivity index (χ4v) is 2.58. The summed E-state index contributed by atoms with van der Waals surface area (Å²) >= 11 is 0. The van der Waals surface area contributed by atoms with Crippen LogP contribution in [0.15, 0.2) is 29.3 Å². The maximum atomic E-state index is 5.57. The van der Waals surface area contributed by atoms with Crippen molar-refractivity contribution in [3.05, 3.63) is 41.5 Å². The van der Waals surface area contributed by atoms with Crippen molar-refractivity contribution >= 4 is 29.9 Å². The van der Waals surface area contributed by atoms with E-state index >= 15 is 0 Å². The van der Waals surface area contributed by atoms with Crippen molar-refractivity contribution in [2.45, 2.75) is 46.6 Å². The van der Waals surface area contributed by atoms with Crippen molar-refractivity contribution in [2.24, 2.45) is 12.0 Å². The highest BCUT2D eigenvalue weighted by Crippen LogP contribution is 2.13. The number of unbranched alkanes of at least 4 members (excludes halogenated alkanes) is 1. The molecule has 0 spiro atoms. The van der Waals surface area contributed by atoms with Crippen molar-refractivity contribution < 1.29 is 4.74 Å². The number of nitrogens with zero attached hydrogens (tertiary/aromatic N) is 4. The maximum absolute atomic E-state index is 5.57. The fourth-order valence-electron chi connectivity index (χ4n) is 2.58. The van der Waals surface area contributed by atoms with Crippen LogP contribution in [0.2, 0.25) is 0 Å². The highest BCUT2D eigenvalue weighted by Gasteiger charge is 2.05. The van der Waals surface area contributed by atoms with Crippen LogP contribution >= 0.6 is 24.0 Å². The first kappa shape index (κ1) is 24.2. The molecule has 1 aromatic carbocycles. The summed E-state index contributed by atoms with van der Waals surface area (Å²) < 4.78 is 7.53. The molecule has 1 heterocycles. The van der Waals surface area contributed by atoms with E-state index in [2.05, 4.69) is 44.9 Å². The highest BCUT2D eigenvalue weighted by molar-refractivity contribution is 14.0. The number of aromatic nitrogens is 3. The van der Waals surface area contributed by atoms with Gasteiger partial charge in [0.1, 0.15) is 18.1 Å². The molecule has 0 saturated carbocycles. The topological polar surface area (TPSA) is 76.4 Å². The lowest BCUT2D eigenvalue weighted by Crippen LogP contribution is -2.39. The van der Waals surface area contributed by atoms with Gasteiger partial charge in [-0.05, 0) is 44.4 Å². The minimum Gasteiger partial charge on any atom is -0.494 e. The molecule has 28 heavy (non-hydrogen) atoms. The minimum atomic E-state index is 0. The van der Waals surface area contributed by atoms with Gasteiger partial charge in [-0.2, -0.15) is 0 Å². The van der Waals surface area contributed by atoms with Crippen LogP contribution in [0.1, 0.15) is 43.9 Å². The molecule has 2 N–H and O–H groups in total. The third kappa shape index (κ3) is 8.04. The van der Waals surface area contributed by atoms with Crippen molar-refractivity contribution in [1.82, 2.24) is 25.4 Å². The van der Waals surface area contributed by atoms with Crippen LogP contribution in [0.4, 0.5) is 0 Å². The number of hydrogen-bond donors (Lipinski definition) is 2. The Hall–Kier alpha value is -1.84. The van der Waals surface area contributed by atoms with Gasteiger partial charge in [0, 0.05) is 20.1 Å². The first-order chi connectivity index (χ1) is 13.1. The van der Waals surface area contributed by atoms with Crippen LogP contribution < -0.4 is 15.4 Å². The average molecular weight is 500 g/mol. The van der Waals surface area contributed by atoms with E-state index in [0.717, 1.165) is 55.7 Å². The summed E-state index contributed by atoms with van der Waals surface area (Å²) in [6.45, 7) is 9.00. The maximum Gasteiger partial charge on any atom is 0.191 e. The zero-order valence-corrected chi connectivity index (χ0v) is 19.7. The number of guanidine groups is 1. The van der Waals surface area contributed by atoms with Gasteiger partial charge in [0.05, 0.1) is 6.61 Å². The summed E-state index contributed by atoms with van der Waals surface area (Å²) in [6, 6.07) is 8.23. The van der Waals surface area contributed by atoms with Gasteiger partial charge >= 0.3 is 0 Å². The number of nitrogens with one attached hydrogen (secondary N) is 2. The molecule has 0 radical (unpaired) electrons. The van der Waals surface area contributed by atoms with E-state index in [1.165, 1.54) is 5.56 Å². The SMILES string of the molecule is CCCCNC(=NCc1nnc(C)n1C)NCCc1cccc(OCC)c1.I. The molecule has 0 aliphatic heterocycles. The molecule has 0 bridgehead atoms. The lowest BCUT2D eigenvalue weighted by Gasteiger charge is -2.13. The number of aliphatic imine (C=N–C) groups is 1. The van der Waals surface area contributed by atoms with E-state index in [1.807, 2.05) is 37.6 Å². The molecule has 156 valence electrons. The molecule has 0 amide bonds. The predicted octanol–water partition coefficient (Wildman–Crippen LogP) is 3.22. The third-order valence-corrected chi connectivity index (χ3v) is 4.30. The molecule has 0 aliphatic rings. The summed E-state index contributed by atoms with van der Waals surface area (Å²) in [5, 5.41) is 15.1. The standard InChI is InChI=1S/C20H32N6O.HI/c1-5-7-12-21-20(23-15-19-25-24-16(3)26(19)4)22-13-11-17-9-8-10-18(14-17)27-6-2;/h8-10,14H,5-7,11-13,15H2,1-4H3,(H2,21,22,23);1H. The Labute approximate surface area is 185 Å². The Kier molecular flexibility index (Phi) is 11.5. The fraction of sp³-hybridized carbons (Fsp3) is 0.550. The van der Waals surface area contributed by atoms with Crippen LogP contribution in [0.5, 0.6) is 5.75 Å². The highest BCUT2D eigenvalue weighted by atomic mass is 127. The zero-order chi connectivity index (χ0) is 19.5. The molecule has 1 aromatic heterocycles. The normalized spacial score (nSPS) is 11.1. The van der Waals surface area contributed by atoms with Gasteiger partial charge in [-0.25, -0.2) is 4.99 Å². The van der Waals surface area contributed by atoms with Crippen LogP contribution in [-0.2, 0) is 20.0 Å². The molecule has 0 unspecified atom stereocenters. The van der Waals surface area contributed by atoms with Crippen LogP contribution in [-0.4, -0.2) is 40.4 Å². The second-order valence-corrected chi connectivity index (χ2v) is 6.42. The van der Waals surface area contributed by atoms with Crippen molar-refractivity contribution in [1.29, 1.82) is 0 Å². The Bertz CT molecular complexity index is 731. The van der Waals surface area contributed by atoms with Gasteiger partial charge in [-0.15, -0.1) is 34.2 Å². The summed E-state index contributed by atoms with van der Waals surface area (Å²) in [5.41, 5.74) is 1.24. The van der Waals surface area contributed by atoms with E-state index in [4.69, 9.17) is 4.74 Å². The smallest absolute Gasteiger partial charge is 0.191 e. The van der Waals surface area contributed by atoms with Gasteiger partial charge in [0.25, 0.3) is 0 Å². The average Bonchev–Trinajstić information content (AvgIpc) is 2.98. The number of halogens is 1. The summed E-state index contributed by atoms with van der Waals surface area (Å²) in [6.07, 6.45) is 3.16. The minimum absolute atomic E-state index is 0. The van der Waals surface area contributed by atoms with Gasteiger partial charge in [-0.1, -0.05) is 25.5 Å². The quantitative estimate of drug-likeness (QED) is 0.227. The Morgan fingerprint density at radius 2 is 1.96 bits per heavy atom. The van der Waals surface area contributed by atoms with E-state index in [9.17, 15) is 0 Å². The van der Waals surface area contributed by atoms with Crippen LogP contribution in [0, 0.1) is 6.92 Å². The number of aryl methyl sites for hydroxylation is 1. The number of rotatable bonds is 10. The van der Waals surface area contributed by atoms with E-state index in [0.29, 0.717) is 13.2 Å². The zero-order valence-electron chi connectivity index (χ0n) is 17.4. The lowest BCUT2D eigenvalue weighted by atomic mass is 10.1. The molecular formula is C20H33IN6O. The monoisotopic (exact) mass is 500 g/mol. The van der Waals surface area contributed by atoms with E-state index < -0.39 is 0 Å². The molecule has 2 aromatic rings. The largest absolute Gasteiger partial charge is 0.494 e. The number of ether oxygens (including phenoxy) is 1. The summed E-state index contributed by atoms with van der Waals surface area (Å²) in [5.74, 6) is 3.48. The first-order valence-corrected chi connectivity index (χ1v) is 9.72. The molecule has 7 nitrogen and oxygen atoms in total. The summed E-state index contributed by atoms with van der Waals surface area (Å²) in [7, 11) is 1.96. The van der Waals surface area contributed by atoms with Gasteiger partial charge in [0.2, 0.25) is 0 Å². The van der Waals surface area contributed by atoms with Crippen molar-refractivity contribution in [3.8, 4) is 5.75 Å². The van der Waals surface area contributed by atoms with E-state index in [1.54, 1.807) is 0 Å². The number of hydrogen-bond acceptors (Lipinski definition) is 4. The second-order valence-electron chi connectivity index (χ2n) is 6.42. The Morgan fingerprint density at radius 3 is 2.64 bits per heavy atom. The van der Waals surface area contributed by atoms with Gasteiger partial charge in [0.15, 0.2) is 11.8 Å². The Balaban J connectivity index is 0.00000392.